The van der Waals surface area contributed by atoms with E-state index < -0.39 is 17.8 Å². The van der Waals surface area contributed by atoms with Crippen molar-refractivity contribution in [2.24, 2.45) is 0 Å². The molecular formula is C27H32F3N5O3. The first kappa shape index (κ1) is 26.4. The molecule has 38 heavy (non-hydrogen) atoms. The van der Waals surface area contributed by atoms with Crippen molar-refractivity contribution < 1.29 is 27.4 Å². The number of likely N-dealkylation sites (tertiary alicyclic amines) is 1. The minimum atomic E-state index is -4.48. The highest BCUT2D eigenvalue weighted by Gasteiger charge is 2.37. The summed E-state index contributed by atoms with van der Waals surface area (Å²) in [6.45, 7) is 7.21. The van der Waals surface area contributed by atoms with Crippen LogP contribution in [0, 0.1) is 0 Å². The van der Waals surface area contributed by atoms with E-state index in [4.69, 9.17) is 14.5 Å². The maximum Gasteiger partial charge on any atom is 0.416 e. The lowest BCUT2D eigenvalue weighted by molar-refractivity contribution is -0.139. The Morgan fingerprint density at radius 1 is 1.18 bits per heavy atom. The summed E-state index contributed by atoms with van der Waals surface area (Å²) in [5.74, 6) is 0.534. The molecule has 0 saturated carbocycles. The van der Waals surface area contributed by atoms with Gasteiger partial charge in [0.15, 0.2) is 0 Å². The highest BCUT2D eigenvalue weighted by Crippen LogP contribution is 2.40. The van der Waals surface area contributed by atoms with Crippen LogP contribution in [0.5, 0.6) is 6.01 Å². The molecule has 1 unspecified atom stereocenters. The molecule has 2 saturated heterocycles. The van der Waals surface area contributed by atoms with Gasteiger partial charge >= 0.3 is 12.2 Å². The summed E-state index contributed by atoms with van der Waals surface area (Å²) >= 11 is 0. The SMILES string of the molecule is C=CC(=O)N1CCN(c2nc(OC[C@@H]3CCCN3C)nc3c2COC(c2ccccc2C(F)(F)F)C3)CC1. The summed E-state index contributed by atoms with van der Waals surface area (Å²) in [6, 6.07) is 5.99. The van der Waals surface area contributed by atoms with E-state index in [0.717, 1.165) is 31.0 Å². The van der Waals surface area contributed by atoms with Crippen LogP contribution in [0.1, 0.15) is 41.3 Å². The molecule has 0 aliphatic carbocycles. The number of likely N-dealkylation sites (N-methyl/N-ethyl adjacent to an activating group) is 1. The zero-order chi connectivity index (χ0) is 26.9. The van der Waals surface area contributed by atoms with Gasteiger partial charge in [0, 0.05) is 44.2 Å². The van der Waals surface area contributed by atoms with Crippen LogP contribution in [-0.2, 0) is 28.7 Å². The molecule has 204 valence electrons. The number of anilines is 1. The third-order valence-corrected chi connectivity index (χ3v) is 7.61. The number of aromatic nitrogens is 2. The minimum absolute atomic E-state index is 0.0823. The standard InChI is InChI=1S/C27H32F3N5O3/c1-3-24(36)34-11-13-35(14-12-34)25-20-17-37-23(19-8-4-5-9-21(19)27(28,29)30)15-22(20)31-26(32-25)38-16-18-7-6-10-33(18)2/h3-5,8-9,18,23H,1,6-7,10-17H2,2H3/t18-,23?/m0/s1. The molecule has 0 bridgehead atoms. The number of amides is 1. The van der Waals surface area contributed by atoms with Crippen molar-refractivity contribution in [3.05, 3.63) is 59.3 Å². The second-order valence-electron chi connectivity index (χ2n) is 9.95. The van der Waals surface area contributed by atoms with E-state index in [2.05, 4.69) is 28.4 Å². The Morgan fingerprint density at radius 3 is 2.63 bits per heavy atom. The number of ether oxygens (including phenoxy) is 2. The molecule has 0 spiro atoms. The van der Waals surface area contributed by atoms with E-state index >= 15 is 0 Å². The van der Waals surface area contributed by atoms with Crippen molar-refractivity contribution in [1.82, 2.24) is 19.8 Å². The Balaban J connectivity index is 1.43. The number of nitrogens with zero attached hydrogens (tertiary/aromatic N) is 5. The predicted molar refractivity (Wildman–Crippen MR) is 135 cm³/mol. The van der Waals surface area contributed by atoms with Crippen LogP contribution in [0.2, 0.25) is 0 Å². The fourth-order valence-electron chi connectivity index (χ4n) is 5.42. The predicted octanol–water partition coefficient (Wildman–Crippen LogP) is 3.62. The number of rotatable bonds is 6. The van der Waals surface area contributed by atoms with Crippen LogP contribution in [0.25, 0.3) is 0 Å². The monoisotopic (exact) mass is 531 g/mol. The molecule has 11 heteroatoms. The van der Waals surface area contributed by atoms with Gasteiger partial charge in [-0.15, -0.1) is 0 Å². The van der Waals surface area contributed by atoms with E-state index in [9.17, 15) is 18.0 Å². The lowest BCUT2D eigenvalue weighted by atomic mass is 9.95. The van der Waals surface area contributed by atoms with Gasteiger partial charge in [0.1, 0.15) is 12.4 Å². The number of hydrogen-bond acceptors (Lipinski definition) is 7. The molecule has 2 aromatic rings. The van der Waals surface area contributed by atoms with E-state index in [1.807, 2.05) is 0 Å². The molecule has 2 atom stereocenters. The van der Waals surface area contributed by atoms with Crippen LogP contribution in [-0.4, -0.2) is 78.1 Å². The maximum absolute atomic E-state index is 13.7. The van der Waals surface area contributed by atoms with Gasteiger partial charge in [-0.05, 0) is 44.1 Å². The average molecular weight is 532 g/mol. The van der Waals surface area contributed by atoms with Gasteiger partial charge in [-0.25, -0.2) is 0 Å². The van der Waals surface area contributed by atoms with Crippen molar-refractivity contribution in [3.8, 4) is 6.01 Å². The number of carbonyl (C=O) groups excluding carboxylic acids is 1. The number of halogens is 3. The summed E-state index contributed by atoms with van der Waals surface area (Å²) in [5, 5.41) is 0. The first-order valence-corrected chi connectivity index (χ1v) is 12.9. The summed E-state index contributed by atoms with van der Waals surface area (Å²) in [4.78, 5) is 27.5. The molecule has 3 aliphatic rings. The number of piperazine rings is 1. The smallest absolute Gasteiger partial charge is 0.416 e. The third kappa shape index (κ3) is 5.49. The van der Waals surface area contributed by atoms with Crippen LogP contribution in [0.15, 0.2) is 36.9 Å². The van der Waals surface area contributed by atoms with Crippen LogP contribution in [0.3, 0.4) is 0 Å². The molecule has 1 amide bonds. The molecule has 5 rings (SSSR count). The van der Waals surface area contributed by atoms with Crippen molar-refractivity contribution in [1.29, 1.82) is 0 Å². The van der Waals surface area contributed by atoms with E-state index in [0.29, 0.717) is 44.3 Å². The number of hydrogen-bond donors (Lipinski definition) is 0. The molecule has 2 fully saturated rings. The van der Waals surface area contributed by atoms with Crippen molar-refractivity contribution in [2.45, 2.75) is 44.2 Å². The second kappa shape index (κ2) is 10.9. The van der Waals surface area contributed by atoms with Gasteiger partial charge in [0.2, 0.25) is 5.91 Å². The lowest BCUT2D eigenvalue weighted by Crippen LogP contribution is -2.49. The Labute approximate surface area is 220 Å². The van der Waals surface area contributed by atoms with Crippen molar-refractivity contribution >= 4 is 11.7 Å². The normalized spacial score (nSPS) is 22.3. The third-order valence-electron chi connectivity index (χ3n) is 7.61. The van der Waals surface area contributed by atoms with Gasteiger partial charge in [0.25, 0.3) is 0 Å². The topological polar surface area (TPSA) is 71.0 Å². The van der Waals surface area contributed by atoms with E-state index in [1.54, 1.807) is 11.0 Å². The maximum atomic E-state index is 13.7. The first-order valence-electron chi connectivity index (χ1n) is 12.9. The number of fused-ring (bicyclic) bond motifs is 1. The average Bonchev–Trinajstić information content (AvgIpc) is 3.34. The lowest BCUT2D eigenvalue weighted by Gasteiger charge is -2.37. The van der Waals surface area contributed by atoms with Gasteiger partial charge in [0.05, 0.1) is 24.0 Å². The highest BCUT2D eigenvalue weighted by molar-refractivity contribution is 5.87. The van der Waals surface area contributed by atoms with Gasteiger partial charge in [-0.2, -0.15) is 23.1 Å². The summed E-state index contributed by atoms with van der Waals surface area (Å²) in [7, 11) is 2.06. The summed E-state index contributed by atoms with van der Waals surface area (Å²) in [5.41, 5.74) is 0.770. The minimum Gasteiger partial charge on any atom is -0.462 e. The zero-order valence-corrected chi connectivity index (χ0v) is 21.4. The quantitative estimate of drug-likeness (QED) is 0.528. The largest absolute Gasteiger partial charge is 0.462 e. The van der Waals surface area contributed by atoms with E-state index in [-0.39, 0.29) is 36.6 Å². The van der Waals surface area contributed by atoms with Gasteiger partial charge in [-0.3, -0.25) is 4.79 Å². The Kier molecular flexibility index (Phi) is 7.58. The van der Waals surface area contributed by atoms with Crippen LogP contribution in [0.4, 0.5) is 19.0 Å². The molecule has 0 radical (unpaired) electrons. The molecule has 3 aliphatic heterocycles. The molecule has 4 heterocycles. The second-order valence-corrected chi connectivity index (χ2v) is 9.95. The zero-order valence-electron chi connectivity index (χ0n) is 21.4. The van der Waals surface area contributed by atoms with Crippen molar-refractivity contribution in [3.63, 3.8) is 0 Å². The molecule has 1 aromatic carbocycles. The number of alkyl halides is 3. The Bertz CT molecular complexity index is 1180. The van der Waals surface area contributed by atoms with Crippen LogP contribution < -0.4 is 9.64 Å². The fraction of sp³-hybridized carbons (Fsp3) is 0.519. The van der Waals surface area contributed by atoms with Gasteiger partial charge < -0.3 is 24.2 Å². The molecule has 8 nitrogen and oxygen atoms in total. The molecule has 1 aromatic heterocycles. The summed E-state index contributed by atoms with van der Waals surface area (Å²) in [6.07, 6.45) is -1.67. The van der Waals surface area contributed by atoms with E-state index in [1.165, 1.54) is 18.2 Å². The highest BCUT2D eigenvalue weighted by atomic mass is 19.4. The number of carbonyl (C=O) groups is 1. The van der Waals surface area contributed by atoms with Crippen LogP contribution >= 0.6 is 0 Å². The number of benzene rings is 1. The molecular weight excluding hydrogens is 499 g/mol. The van der Waals surface area contributed by atoms with Crippen molar-refractivity contribution in [2.75, 3.05) is 51.3 Å². The summed E-state index contributed by atoms with van der Waals surface area (Å²) < 4.78 is 53.2. The Hall–Kier alpha value is -3.18. The Morgan fingerprint density at radius 2 is 1.95 bits per heavy atom. The fourth-order valence-corrected chi connectivity index (χ4v) is 5.42. The van der Waals surface area contributed by atoms with Gasteiger partial charge in [-0.1, -0.05) is 24.8 Å². The first-order chi connectivity index (χ1) is 18.2. The molecule has 0 N–H and O–H groups in total.